The number of imide groups is 2. The SMILES string of the molecule is C[C@@H]1O[C@@H](C)CN2c3ccccc3CC3(C(=O)NC(=O)NC3=O)[C@H]12. The molecule has 3 heterocycles. The van der Waals surface area contributed by atoms with E-state index in [4.69, 9.17) is 4.74 Å². The van der Waals surface area contributed by atoms with Gasteiger partial charge in [-0.05, 0) is 31.9 Å². The minimum Gasteiger partial charge on any atom is -0.372 e. The van der Waals surface area contributed by atoms with Crippen molar-refractivity contribution in [3.63, 3.8) is 0 Å². The Hall–Kier alpha value is -2.41. The van der Waals surface area contributed by atoms with Crippen LogP contribution in [-0.2, 0) is 20.7 Å². The van der Waals surface area contributed by atoms with Crippen molar-refractivity contribution >= 4 is 23.5 Å². The van der Waals surface area contributed by atoms with Crippen LogP contribution in [-0.4, -0.2) is 42.6 Å². The Morgan fingerprint density at radius 1 is 1.12 bits per heavy atom. The third kappa shape index (κ3) is 1.91. The normalized spacial score (nSPS) is 31.2. The molecule has 1 aromatic carbocycles. The molecule has 126 valence electrons. The van der Waals surface area contributed by atoms with Gasteiger partial charge in [-0.2, -0.15) is 0 Å². The van der Waals surface area contributed by atoms with E-state index in [0.717, 1.165) is 11.3 Å². The third-order valence-electron chi connectivity index (χ3n) is 5.22. The first-order chi connectivity index (χ1) is 11.4. The summed E-state index contributed by atoms with van der Waals surface area (Å²) in [5.41, 5.74) is 0.573. The third-order valence-corrected chi connectivity index (χ3v) is 5.22. The second kappa shape index (κ2) is 5.04. The minimum absolute atomic E-state index is 0.0178. The molecule has 1 aromatic rings. The molecule has 4 rings (SSSR count). The molecule has 2 fully saturated rings. The number of nitrogens with zero attached hydrogens (tertiary/aromatic N) is 1. The monoisotopic (exact) mass is 329 g/mol. The van der Waals surface area contributed by atoms with Crippen LogP contribution in [0.4, 0.5) is 10.5 Å². The molecular weight excluding hydrogens is 310 g/mol. The van der Waals surface area contributed by atoms with Crippen molar-refractivity contribution < 1.29 is 19.1 Å². The predicted molar refractivity (Wildman–Crippen MR) is 85.4 cm³/mol. The molecule has 7 heteroatoms. The van der Waals surface area contributed by atoms with Gasteiger partial charge in [-0.1, -0.05) is 18.2 Å². The van der Waals surface area contributed by atoms with Gasteiger partial charge in [0.2, 0.25) is 11.8 Å². The number of nitrogens with one attached hydrogen (secondary N) is 2. The van der Waals surface area contributed by atoms with Crippen LogP contribution in [0.15, 0.2) is 24.3 Å². The molecule has 0 aliphatic carbocycles. The van der Waals surface area contributed by atoms with Crippen LogP contribution < -0.4 is 15.5 Å². The smallest absolute Gasteiger partial charge is 0.328 e. The summed E-state index contributed by atoms with van der Waals surface area (Å²) in [7, 11) is 0. The van der Waals surface area contributed by atoms with Crippen LogP contribution in [0, 0.1) is 5.41 Å². The highest BCUT2D eigenvalue weighted by atomic mass is 16.5. The number of hydrogen-bond donors (Lipinski definition) is 2. The van der Waals surface area contributed by atoms with Crippen LogP contribution in [0.3, 0.4) is 0 Å². The van der Waals surface area contributed by atoms with Gasteiger partial charge in [-0.15, -0.1) is 0 Å². The summed E-state index contributed by atoms with van der Waals surface area (Å²) < 4.78 is 5.94. The number of carbonyl (C=O) groups excluding carboxylic acids is 3. The molecule has 0 bridgehead atoms. The molecule has 2 saturated heterocycles. The largest absolute Gasteiger partial charge is 0.372 e. The van der Waals surface area contributed by atoms with Gasteiger partial charge in [-0.3, -0.25) is 20.2 Å². The van der Waals surface area contributed by atoms with Gasteiger partial charge < -0.3 is 9.64 Å². The number of para-hydroxylation sites is 1. The highest BCUT2D eigenvalue weighted by Crippen LogP contribution is 2.46. The molecule has 24 heavy (non-hydrogen) atoms. The van der Waals surface area contributed by atoms with E-state index in [0.29, 0.717) is 6.54 Å². The maximum absolute atomic E-state index is 12.8. The molecule has 0 aromatic heterocycles. The standard InChI is InChI=1S/C17H19N3O4/c1-9-8-20-12-6-4-3-5-11(12)7-17(13(20)10(2)24-9)14(21)18-16(23)19-15(17)22/h3-6,9-10,13H,7-8H2,1-2H3,(H2,18,19,21,22,23)/t9-,10-,13-/m0/s1. The lowest BCUT2D eigenvalue weighted by atomic mass is 9.66. The summed E-state index contributed by atoms with van der Waals surface area (Å²) in [6, 6.07) is 6.54. The van der Waals surface area contributed by atoms with Crippen molar-refractivity contribution in [1.29, 1.82) is 0 Å². The highest BCUT2D eigenvalue weighted by Gasteiger charge is 2.62. The van der Waals surface area contributed by atoms with Crippen LogP contribution >= 0.6 is 0 Å². The summed E-state index contributed by atoms with van der Waals surface area (Å²) in [5, 5.41) is 4.55. The van der Waals surface area contributed by atoms with Crippen molar-refractivity contribution in [3.8, 4) is 0 Å². The van der Waals surface area contributed by atoms with Gasteiger partial charge in [0.05, 0.1) is 18.2 Å². The van der Waals surface area contributed by atoms with Gasteiger partial charge in [-0.25, -0.2) is 4.79 Å². The van der Waals surface area contributed by atoms with E-state index in [-0.39, 0.29) is 18.6 Å². The molecule has 0 radical (unpaired) electrons. The fourth-order valence-electron chi connectivity index (χ4n) is 4.38. The van der Waals surface area contributed by atoms with Crippen molar-refractivity contribution in [3.05, 3.63) is 29.8 Å². The average molecular weight is 329 g/mol. The van der Waals surface area contributed by atoms with E-state index in [1.165, 1.54) is 0 Å². The van der Waals surface area contributed by atoms with Gasteiger partial charge in [0.1, 0.15) is 0 Å². The highest BCUT2D eigenvalue weighted by molar-refractivity contribution is 6.20. The Balaban J connectivity index is 1.91. The average Bonchev–Trinajstić information content (AvgIpc) is 2.52. The first-order valence-corrected chi connectivity index (χ1v) is 8.10. The van der Waals surface area contributed by atoms with Crippen LogP contribution in [0.1, 0.15) is 19.4 Å². The lowest BCUT2D eigenvalue weighted by Gasteiger charge is -2.55. The van der Waals surface area contributed by atoms with E-state index in [9.17, 15) is 14.4 Å². The Morgan fingerprint density at radius 3 is 2.50 bits per heavy atom. The van der Waals surface area contributed by atoms with Crippen LogP contribution in [0.25, 0.3) is 0 Å². The minimum atomic E-state index is -1.37. The van der Waals surface area contributed by atoms with Crippen molar-refractivity contribution in [2.45, 2.75) is 38.5 Å². The number of ether oxygens (including phenoxy) is 1. The van der Waals surface area contributed by atoms with Crippen molar-refractivity contribution in [2.75, 3.05) is 11.4 Å². The van der Waals surface area contributed by atoms with Crippen molar-refractivity contribution in [2.24, 2.45) is 5.41 Å². The number of urea groups is 1. The van der Waals surface area contributed by atoms with E-state index < -0.39 is 29.3 Å². The van der Waals surface area contributed by atoms with Crippen LogP contribution in [0.5, 0.6) is 0 Å². The zero-order valence-corrected chi connectivity index (χ0v) is 13.5. The zero-order chi connectivity index (χ0) is 17.1. The molecule has 7 nitrogen and oxygen atoms in total. The summed E-state index contributed by atoms with van der Waals surface area (Å²) >= 11 is 0. The Labute approximate surface area is 139 Å². The fraction of sp³-hybridized carbons (Fsp3) is 0.471. The summed E-state index contributed by atoms with van der Waals surface area (Å²) in [6.45, 7) is 4.43. The van der Waals surface area contributed by atoms with E-state index in [2.05, 4.69) is 15.5 Å². The Bertz CT molecular complexity index is 727. The van der Waals surface area contributed by atoms with E-state index >= 15 is 0 Å². The quantitative estimate of drug-likeness (QED) is 0.680. The predicted octanol–water partition coefficient (Wildman–Crippen LogP) is 0.577. The number of rotatable bonds is 0. The molecule has 3 atom stereocenters. The second-order valence-electron chi connectivity index (χ2n) is 6.76. The van der Waals surface area contributed by atoms with Gasteiger partial charge in [0.25, 0.3) is 0 Å². The summed E-state index contributed by atoms with van der Waals surface area (Å²) in [6.07, 6.45) is -0.0974. The molecule has 1 spiro atoms. The number of benzene rings is 1. The van der Waals surface area contributed by atoms with Crippen molar-refractivity contribution in [1.82, 2.24) is 10.6 Å². The molecule has 0 saturated carbocycles. The molecule has 2 N–H and O–H groups in total. The lowest BCUT2D eigenvalue weighted by molar-refractivity contribution is -0.153. The molecule has 0 unspecified atom stereocenters. The summed E-state index contributed by atoms with van der Waals surface area (Å²) in [4.78, 5) is 39.2. The second-order valence-corrected chi connectivity index (χ2v) is 6.76. The van der Waals surface area contributed by atoms with Crippen LogP contribution in [0.2, 0.25) is 0 Å². The Kier molecular flexibility index (Phi) is 3.18. The maximum Gasteiger partial charge on any atom is 0.328 e. The topological polar surface area (TPSA) is 87.7 Å². The number of barbiturate groups is 1. The van der Waals surface area contributed by atoms with Gasteiger partial charge >= 0.3 is 6.03 Å². The molecule has 3 aliphatic rings. The summed E-state index contributed by atoms with van der Waals surface area (Å²) in [5.74, 6) is -1.10. The first-order valence-electron chi connectivity index (χ1n) is 8.10. The number of amides is 4. The van der Waals surface area contributed by atoms with E-state index in [1.54, 1.807) is 0 Å². The number of carbonyl (C=O) groups is 3. The number of hydrogen-bond acceptors (Lipinski definition) is 5. The fourth-order valence-corrected chi connectivity index (χ4v) is 4.38. The first kappa shape index (κ1) is 15.1. The maximum atomic E-state index is 12.8. The number of morpholine rings is 1. The molecular formula is C17H19N3O4. The molecule has 3 aliphatic heterocycles. The molecule has 4 amide bonds. The lowest BCUT2D eigenvalue weighted by Crippen LogP contribution is -2.75. The Morgan fingerprint density at radius 2 is 1.79 bits per heavy atom. The van der Waals surface area contributed by atoms with Gasteiger partial charge in [0.15, 0.2) is 5.41 Å². The van der Waals surface area contributed by atoms with Gasteiger partial charge in [0, 0.05) is 12.2 Å². The van der Waals surface area contributed by atoms with E-state index in [1.807, 2.05) is 38.1 Å². The number of anilines is 1. The number of fused-ring (bicyclic) bond motifs is 4. The zero-order valence-electron chi connectivity index (χ0n) is 13.5.